The summed E-state index contributed by atoms with van der Waals surface area (Å²) in [5.41, 5.74) is 2.38. The topological polar surface area (TPSA) is 27.1 Å². The first kappa shape index (κ1) is 18.4. The summed E-state index contributed by atoms with van der Waals surface area (Å²) in [5.74, 6) is 0.0670. The van der Waals surface area contributed by atoms with Gasteiger partial charge in [0, 0.05) is 12.6 Å². The number of halogens is 3. The number of hydrogen-bond acceptors (Lipinski definition) is 2. The molecule has 0 radical (unpaired) electrons. The number of aryl methyl sites for hydroxylation is 2. The van der Waals surface area contributed by atoms with Crippen molar-refractivity contribution in [1.82, 2.24) is 9.55 Å². The van der Waals surface area contributed by atoms with E-state index in [0.29, 0.717) is 11.3 Å². The Labute approximate surface area is 140 Å². The third kappa shape index (κ3) is 3.91. The number of methoxy groups -OCH3 is 1. The van der Waals surface area contributed by atoms with Crippen molar-refractivity contribution in [3.8, 4) is 11.4 Å². The minimum absolute atomic E-state index is 0.0646. The van der Waals surface area contributed by atoms with E-state index in [-0.39, 0.29) is 6.42 Å². The molecule has 1 atom stereocenters. The second-order valence-corrected chi connectivity index (χ2v) is 5.88. The molecule has 2 aromatic rings. The fourth-order valence-electron chi connectivity index (χ4n) is 2.62. The Morgan fingerprint density at radius 1 is 1.21 bits per heavy atom. The summed E-state index contributed by atoms with van der Waals surface area (Å²) >= 11 is 0. The fraction of sp³-hybridized carbons (Fsp3) is 0.500. The van der Waals surface area contributed by atoms with Crippen LogP contribution in [0.15, 0.2) is 24.4 Å². The Balaban J connectivity index is 2.38. The van der Waals surface area contributed by atoms with Gasteiger partial charge in [0.1, 0.15) is 11.6 Å². The van der Waals surface area contributed by atoms with E-state index >= 15 is 0 Å². The number of benzene rings is 1. The van der Waals surface area contributed by atoms with Crippen LogP contribution in [0.5, 0.6) is 5.75 Å². The number of ether oxygens (including phenoxy) is 1. The van der Waals surface area contributed by atoms with Gasteiger partial charge in [-0.05, 0) is 30.5 Å². The highest BCUT2D eigenvalue weighted by Gasteiger charge is 2.35. The lowest BCUT2D eigenvalue weighted by atomic mass is 10.00. The van der Waals surface area contributed by atoms with Crippen LogP contribution in [0.3, 0.4) is 0 Å². The monoisotopic (exact) mass is 340 g/mol. The Morgan fingerprint density at radius 3 is 2.46 bits per heavy atom. The molecule has 1 heterocycles. The summed E-state index contributed by atoms with van der Waals surface area (Å²) < 4.78 is 45.6. The number of hydrogen-bond donors (Lipinski definition) is 0. The van der Waals surface area contributed by atoms with Gasteiger partial charge in [0.2, 0.25) is 0 Å². The second-order valence-electron chi connectivity index (χ2n) is 5.88. The molecule has 0 aliphatic rings. The molecule has 24 heavy (non-hydrogen) atoms. The first-order chi connectivity index (χ1) is 11.3. The van der Waals surface area contributed by atoms with Crippen LogP contribution in [-0.4, -0.2) is 22.8 Å². The standard InChI is InChI=1S/C18H23F3N2O/c1-5-14-11-23(17(6-2)22-14)15-8-7-13(10-16(15)24-4)9-12(3)18(19,20)21/h7-8,10-12H,5-6,9H2,1-4H3/t12-/m0/s1. The van der Waals surface area contributed by atoms with Crippen LogP contribution in [0.1, 0.15) is 37.9 Å². The average molecular weight is 340 g/mol. The predicted molar refractivity (Wildman–Crippen MR) is 87.8 cm³/mol. The van der Waals surface area contributed by atoms with E-state index in [1.807, 2.05) is 24.6 Å². The van der Waals surface area contributed by atoms with Crippen LogP contribution in [0.2, 0.25) is 0 Å². The van der Waals surface area contributed by atoms with Crippen molar-refractivity contribution in [3.05, 3.63) is 41.5 Å². The summed E-state index contributed by atoms with van der Waals surface area (Å²) in [6.45, 7) is 5.24. The Bertz CT molecular complexity index is 692. The lowest BCUT2D eigenvalue weighted by Gasteiger charge is -2.17. The van der Waals surface area contributed by atoms with Crippen LogP contribution >= 0.6 is 0 Å². The average Bonchev–Trinajstić information content (AvgIpc) is 2.97. The summed E-state index contributed by atoms with van der Waals surface area (Å²) in [5, 5.41) is 0. The van der Waals surface area contributed by atoms with Crippen molar-refractivity contribution in [1.29, 1.82) is 0 Å². The molecule has 0 saturated heterocycles. The molecule has 0 fully saturated rings. The summed E-state index contributed by atoms with van der Waals surface area (Å²) in [7, 11) is 1.53. The molecule has 3 nitrogen and oxygen atoms in total. The minimum Gasteiger partial charge on any atom is -0.495 e. The molecular formula is C18H23F3N2O. The van der Waals surface area contributed by atoms with Crippen molar-refractivity contribution >= 4 is 0 Å². The summed E-state index contributed by atoms with van der Waals surface area (Å²) in [6, 6.07) is 5.21. The van der Waals surface area contributed by atoms with Crippen LogP contribution < -0.4 is 4.74 Å². The summed E-state index contributed by atoms with van der Waals surface area (Å²) in [6.07, 6.45) is -0.721. The number of rotatable bonds is 6. The highest BCUT2D eigenvalue weighted by Crippen LogP contribution is 2.31. The molecule has 6 heteroatoms. The quantitative estimate of drug-likeness (QED) is 0.759. The van der Waals surface area contributed by atoms with E-state index in [2.05, 4.69) is 4.98 Å². The third-order valence-corrected chi connectivity index (χ3v) is 4.11. The second kappa shape index (κ2) is 7.28. The van der Waals surface area contributed by atoms with Gasteiger partial charge in [-0.1, -0.05) is 26.8 Å². The molecule has 0 aliphatic heterocycles. The van der Waals surface area contributed by atoms with Gasteiger partial charge in [-0.3, -0.25) is 4.57 Å². The molecule has 2 rings (SSSR count). The Hall–Kier alpha value is -1.98. The van der Waals surface area contributed by atoms with E-state index in [9.17, 15) is 13.2 Å². The molecule has 1 aromatic heterocycles. The van der Waals surface area contributed by atoms with E-state index in [1.165, 1.54) is 14.0 Å². The SMILES string of the molecule is CCc1cn(-c2ccc(C[C@H](C)C(F)(F)F)cc2OC)c(CC)n1. The zero-order valence-electron chi connectivity index (χ0n) is 14.4. The van der Waals surface area contributed by atoms with Crippen molar-refractivity contribution in [2.75, 3.05) is 7.11 Å². The first-order valence-corrected chi connectivity index (χ1v) is 8.11. The van der Waals surface area contributed by atoms with Gasteiger partial charge < -0.3 is 4.74 Å². The molecular weight excluding hydrogens is 317 g/mol. The van der Waals surface area contributed by atoms with E-state index in [0.717, 1.165) is 30.0 Å². The predicted octanol–water partition coefficient (Wildman–Crippen LogP) is 4.75. The lowest BCUT2D eigenvalue weighted by Crippen LogP contribution is -2.21. The van der Waals surface area contributed by atoms with Crippen LogP contribution in [0.25, 0.3) is 5.69 Å². The van der Waals surface area contributed by atoms with Gasteiger partial charge in [-0.2, -0.15) is 13.2 Å². The van der Waals surface area contributed by atoms with Gasteiger partial charge in [0.05, 0.1) is 24.4 Å². The van der Waals surface area contributed by atoms with Gasteiger partial charge in [0.15, 0.2) is 0 Å². The van der Waals surface area contributed by atoms with Crippen LogP contribution in [0.4, 0.5) is 13.2 Å². The Morgan fingerprint density at radius 2 is 1.92 bits per heavy atom. The number of aromatic nitrogens is 2. The number of alkyl halides is 3. The van der Waals surface area contributed by atoms with Crippen molar-refractivity contribution in [2.24, 2.45) is 5.92 Å². The summed E-state index contributed by atoms with van der Waals surface area (Å²) in [4.78, 5) is 4.56. The lowest BCUT2D eigenvalue weighted by molar-refractivity contribution is -0.169. The molecule has 0 bridgehead atoms. The molecule has 0 saturated carbocycles. The first-order valence-electron chi connectivity index (χ1n) is 8.11. The largest absolute Gasteiger partial charge is 0.495 e. The normalized spacial score (nSPS) is 13.1. The zero-order valence-corrected chi connectivity index (χ0v) is 14.4. The maximum absolute atomic E-state index is 12.8. The Kier molecular flexibility index (Phi) is 5.57. The van der Waals surface area contributed by atoms with E-state index < -0.39 is 12.1 Å². The highest BCUT2D eigenvalue weighted by atomic mass is 19.4. The zero-order chi connectivity index (χ0) is 17.9. The maximum atomic E-state index is 12.8. The number of imidazole rings is 1. The van der Waals surface area contributed by atoms with Crippen LogP contribution in [-0.2, 0) is 19.3 Å². The van der Waals surface area contributed by atoms with E-state index in [4.69, 9.17) is 4.74 Å². The van der Waals surface area contributed by atoms with Gasteiger partial charge in [0.25, 0.3) is 0 Å². The molecule has 0 aliphatic carbocycles. The molecule has 132 valence electrons. The van der Waals surface area contributed by atoms with Gasteiger partial charge in [-0.25, -0.2) is 4.98 Å². The molecule has 0 spiro atoms. The third-order valence-electron chi connectivity index (χ3n) is 4.11. The molecule has 0 amide bonds. The van der Waals surface area contributed by atoms with Crippen molar-refractivity contribution < 1.29 is 17.9 Å². The van der Waals surface area contributed by atoms with Crippen LogP contribution in [0, 0.1) is 5.92 Å². The maximum Gasteiger partial charge on any atom is 0.391 e. The van der Waals surface area contributed by atoms with Gasteiger partial charge in [-0.15, -0.1) is 0 Å². The minimum atomic E-state index is -4.19. The fourth-order valence-corrected chi connectivity index (χ4v) is 2.62. The molecule has 0 unspecified atom stereocenters. The smallest absolute Gasteiger partial charge is 0.391 e. The van der Waals surface area contributed by atoms with Gasteiger partial charge >= 0.3 is 6.18 Å². The van der Waals surface area contributed by atoms with Crippen molar-refractivity contribution in [3.63, 3.8) is 0 Å². The molecule has 0 N–H and O–H groups in total. The van der Waals surface area contributed by atoms with Crippen molar-refractivity contribution in [2.45, 2.75) is 46.2 Å². The van der Waals surface area contributed by atoms with E-state index in [1.54, 1.807) is 18.2 Å². The molecule has 1 aromatic carbocycles. The number of nitrogens with zero attached hydrogens (tertiary/aromatic N) is 2. The highest BCUT2D eigenvalue weighted by molar-refractivity contribution is 5.50.